The van der Waals surface area contributed by atoms with Gasteiger partial charge in [-0.3, -0.25) is 9.59 Å². The number of pyridine rings is 1. The summed E-state index contributed by atoms with van der Waals surface area (Å²) in [6.45, 7) is 4.01. The lowest BCUT2D eigenvalue weighted by Crippen LogP contribution is -2.29. The predicted octanol–water partition coefficient (Wildman–Crippen LogP) is 2.97. The largest absolute Gasteiger partial charge is 0.494 e. The number of aromatic nitrogens is 1. The molecule has 0 saturated carbocycles. The molecule has 25 heavy (non-hydrogen) atoms. The van der Waals surface area contributed by atoms with Crippen LogP contribution in [0.5, 0.6) is 5.75 Å². The van der Waals surface area contributed by atoms with E-state index in [0.717, 1.165) is 31.7 Å². The van der Waals surface area contributed by atoms with Gasteiger partial charge in [0.2, 0.25) is 0 Å². The number of benzene rings is 1. The lowest BCUT2D eigenvalue weighted by Gasteiger charge is -2.14. The Balaban J connectivity index is 1.69. The Morgan fingerprint density at radius 1 is 1.08 bits per heavy atom. The molecule has 0 bridgehead atoms. The second-order valence-corrected chi connectivity index (χ2v) is 5.82. The molecule has 1 N–H and O–H groups in total. The summed E-state index contributed by atoms with van der Waals surface area (Å²) in [7, 11) is 0. The van der Waals surface area contributed by atoms with Gasteiger partial charge in [-0.15, -0.1) is 0 Å². The Hall–Kier alpha value is -2.89. The normalized spacial score (nSPS) is 13.6. The smallest absolute Gasteiger partial charge is 0.274 e. The van der Waals surface area contributed by atoms with Gasteiger partial charge in [0.15, 0.2) is 0 Å². The summed E-state index contributed by atoms with van der Waals surface area (Å²) in [4.78, 5) is 30.8. The fraction of sp³-hybridized carbons (Fsp3) is 0.316. The van der Waals surface area contributed by atoms with Crippen LogP contribution in [0.3, 0.4) is 0 Å². The van der Waals surface area contributed by atoms with Crippen molar-refractivity contribution in [3.05, 3.63) is 53.9 Å². The Morgan fingerprint density at radius 2 is 1.76 bits per heavy atom. The van der Waals surface area contributed by atoms with Gasteiger partial charge < -0.3 is 15.0 Å². The Bertz CT molecular complexity index is 753. The van der Waals surface area contributed by atoms with Crippen molar-refractivity contribution in [3.8, 4) is 5.75 Å². The van der Waals surface area contributed by atoms with E-state index in [1.165, 1.54) is 0 Å². The molecule has 6 heteroatoms. The predicted molar refractivity (Wildman–Crippen MR) is 94.9 cm³/mol. The number of nitrogens with one attached hydrogen (secondary N) is 1. The van der Waals surface area contributed by atoms with Gasteiger partial charge in [0.25, 0.3) is 11.8 Å². The molecule has 0 aliphatic carbocycles. The van der Waals surface area contributed by atoms with E-state index in [9.17, 15) is 9.59 Å². The highest BCUT2D eigenvalue weighted by atomic mass is 16.5. The van der Waals surface area contributed by atoms with E-state index in [2.05, 4.69) is 10.3 Å². The highest BCUT2D eigenvalue weighted by Gasteiger charge is 2.21. The lowest BCUT2D eigenvalue weighted by molar-refractivity contribution is 0.0787. The van der Waals surface area contributed by atoms with Gasteiger partial charge in [-0.25, -0.2) is 4.98 Å². The monoisotopic (exact) mass is 339 g/mol. The molecule has 2 aromatic rings. The summed E-state index contributed by atoms with van der Waals surface area (Å²) in [6, 6.07) is 12.0. The molecule has 2 amide bonds. The van der Waals surface area contributed by atoms with Crippen LogP contribution in [0.2, 0.25) is 0 Å². The number of likely N-dealkylation sites (tertiary alicyclic amines) is 1. The second kappa shape index (κ2) is 7.79. The molecule has 0 unspecified atom stereocenters. The van der Waals surface area contributed by atoms with E-state index >= 15 is 0 Å². The number of ether oxygens (including phenoxy) is 1. The molecule has 3 rings (SSSR count). The minimum atomic E-state index is -0.347. The molecule has 1 aliphatic heterocycles. The lowest BCUT2D eigenvalue weighted by atomic mass is 10.2. The molecule has 2 heterocycles. The van der Waals surface area contributed by atoms with E-state index in [4.69, 9.17) is 4.74 Å². The quantitative estimate of drug-likeness (QED) is 0.909. The molecule has 6 nitrogen and oxygen atoms in total. The average Bonchev–Trinajstić information content (AvgIpc) is 3.18. The minimum absolute atomic E-state index is 0.117. The third-order valence-corrected chi connectivity index (χ3v) is 4.02. The van der Waals surface area contributed by atoms with Gasteiger partial charge in [0.05, 0.1) is 6.61 Å². The fourth-order valence-corrected chi connectivity index (χ4v) is 2.76. The zero-order chi connectivity index (χ0) is 17.6. The van der Waals surface area contributed by atoms with Crippen molar-refractivity contribution in [2.75, 3.05) is 25.0 Å². The highest BCUT2D eigenvalue weighted by Crippen LogP contribution is 2.17. The van der Waals surface area contributed by atoms with E-state index < -0.39 is 0 Å². The van der Waals surface area contributed by atoms with Crippen molar-refractivity contribution < 1.29 is 14.3 Å². The molecule has 0 spiro atoms. The van der Waals surface area contributed by atoms with Crippen molar-refractivity contribution >= 4 is 17.5 Å². The van der Waals surface area contributed by atoms with E-state index in [0.29, 0.717) is 18.0 Å². The molecule has 0 atom stereocenters. The van der Waals surface area contributed by atoms with Gasteiger partial charge in [0.1, 0.15) is 17.1 Å². The van der Waals surface area contributed by atoms with Gasteiger partial charge in [0, 0.05) is 18.8 Å². The van der Waals surface area contributed by atoms with Crippen LogP contribution in [0.15, 0.2) is 42.5 Å². The third kappa shape index (κ3) is 4.15. The molecule has 130 valence electrons. The average molecular weight is 339 g/mol. The molecule has 0 radical (unpaired) electrons. The standard InChI is InChI=1S/C19H21N3O3/c1-2-25-15-10-8-14(9-11-15)20-18(23)16-6-5-7-17(21-16)19(24)22-12-3-4-13-22/h5-11H,2-4,12-13H2,1H3,(H,20,23). The number of amides is 2. The fourth-order valence-electron chi connectivity index (χ4n) is 2.76. The van der Waals surface area contributed by atoms with Crippen molar-refractivity contribution in [2.45, 2.75) is 19.8 Å². The zero-order valence-corrected chi connectivity index (χ0v) is 14.2. The molecule has 1 aromatic carbocycles. The highest BCUT2D eigenvalue weighted by molar-refractivity contribution is 6.03. The van der Waals surface area contributed by atoms with Crippen LogP contribution < -0.4 is 10.1 Å². The third-order valence-electron chi connectivity index (χ3n) is 4.02. The number of nitrogens with zero attached hydrogens (tertiary/aromatic N) is 2. The number of hydrogen-bond acceptors (Lipinski definition) is 4. The maximum atomic E-state index is 12.4. The number of carbonyl (C=O) groups excluding carboxylic acids is 2. The molecular formula is C19H21N3O3. The van der Waals surface area contributed by atoms with Crippen molar-refractivity contribution in [2.24, 2.45) is 0 Å². The van der Waals surface area contributed by atoms with Crippen molar-refractivity contribution in [3.63, 3.8) is 0 Å². The van der Waals surface area contributed by atoms with E-state index in [-0.39, 0.29) is 17.5 Å². The van der Waals surface area contributed by atoms with E-state index in [1.54, 1.807) is 47.4 Å². The summed E-state index contributed by atoms with van der Waals surface area (Å²) in [6.07, 6.45) is 2.04. The topological polar surface area (TPSA) is 71.5 Å². The molecule has 1 aromatic heterocycles. The van der Waals surface area contributed by atoms with Crippen LogP contribution in [-0.2, 0) is 0 Å². The SMILES string of the molecule is CCOc1ccc(NC(=O)c2cccc(C(=O)N3CCCC3)n2)cc1. The summed E-state index contributed by atoms with van der Waals surface area (Å²) >= 11 is 0. The van der Waals surface area contributed by atoms with Gasteiger partial charge in [-0.1, -0.05) is 6.07 Å². The van der Waals surface area contributed by atoms with E-state index in [1.807, 2.05) is 6.92 Å². The first-order valence-electron chi connectivity index (χ1n) is 8.48. The number of anilines is 1. The van der Waals surface area contributed by atoms with Crippen molar-refractivity contribution in [1.82, 2.24) is 9.88 Å². The second-order valence-electron chi connectivity index (χ2n) is 5.82. The first kappa shape index (κ1) is 17.0. The van der Waals surface area contributed by atoms with Crippen LogP contribution in [0.25, 0.3) is 0 Å². The minimum Gasteiger partial charge on any atom is -0.494 e. The first-order chi connectivity index (χ1) is 12.2. The number of carbonyl (C=O) groups is 2. The number of hydrogen-bond donors (Lipinski definition) is 1. The van der Waals surface area contributed by atoms with Gasteiger partial charge >= 0.3 is 0 Å². The van der Waals surface area contributed by atoms with Crippen molar-refractivity contribution in [1.29, 1.82) is 0 Å². The molecule has 1 saturated heterocycles. The zero-order valence-electron chi connectivity index (χ0n) is 14.2. The van der Waals surface area contributed by atoms with Crippen LogP contribution >= 0.6 is 0 Å². The Kier molecular flexibility index (Phi) is 5.28. The first-order valence-corrected chi connectivity index (χ1v) is 8.48. The molecule has 1 fully saturated rings. The van der Waals surface area contributed by atoms with Crippen LogP contribution in [0.4, 0.5) is 5.69 Å². The van der Waals surface area contributed by atoms with Crippen LogP contribution in [0, 0.1) is 0 Å². The summed E-state index contributed by atoms with van der Waals surface area (Å²) < 4.78 is 5.37. The summed E-state index contributed by atoms with van der Waals surface area (Å²) in [5.41, 5.74) is 1.17. The summed E-state index contributed by atoms with van der Waals surface area (Å²) in [5.74, 6) is 0.283. The van der Waals surface area contributed by atoms with Crippen LogP contribution in [0.1, 0.15) is 40.7 Å². The maximum Gasteiger partial charge on any atom is 0.274 e. The molecular weight excluding hydrogens is 318 g/mol. The maximum absolute atomic E-state index is 12.4. The Morgan fingerprint density at radius 3 is 2.44 bits per heavy atom. The van der Waals surface area contributed by atoms with Gasteiger partial charge in [-0.2, -0.15) is 0 Å². The number of rotatable bonds is 5. The van der Waals surface area contributed by atoms with Gasteiger partial charge in [-0.05, 0) is 56.2 Å². The van der Waals surface area contributed by atoms with Crippen LogP contribution in [-0.4, -0.2) is 41.4 Å². The Labute approximate surface area is 146 Å². The molecule has 1 aliphatic rings. The summed E-state index contributed by atoms with van der Waals surface area (Å²) in [5, 5.41) is 2.78.